The van der Waals surface area contributed by atoms with Gasteiger partial charge in [0.05, 0.1) is 18.9 Å². The zero-order valence-electron chi connectivity index (χ0n) is 30.0. The molecule has 4 aromatic rings. The van der Waals surface area contributed by atoms with E-state index in [0.717, 1.165) is 74.3 Å². The predicted molar refractivity (Wildman–Crippen MR) is 198 cm³/mol. The number of aryl methyl sites for hydroxylation is 1. The third-order valence-electron chi connectivity index (χ3n) is 8.58. The number of hydrogen-bond donors (Lipinski definition) is 5. The second kappa shape index (κ2) is 15.9. The lowest BCUT2D eigenvalue weighted by atomic mass is 9.83. The van der Waals surface area contributed by atoms with Crippen molar-refractivity contribution in [3.05, 3.63) is 92.7 Å². The van der Waals surface area contributed by atoms with E-state index in [1.54, 1.807) is 4.57 Å². The molecule has 1 aliphatic rings. The van der Waals surface area contributed by atoms with Gasteiger partial charge in [-0.15, -0.1) is 0 Å². The maximum atomic E-state index is 12.5. The highest BCUT2D eigenvalue weighted by atomic mass is 16.5. The van der Waals surface area contributed by atoms with Gasteiger partial charge in [0.1, 0.15) is 5.65 Å². The number of guanidine groups is 1. The number of rotatable bonds is 11. The first-order valence-electron chi connectivity index (χ1n) is 17.1. The molecule has 260 valence electrons. The van der Waals surface area contributed by atoms with Crippen molar-refractivity contribution in [1.29, 1.82) is 0 Å². The molecular formula is C38H56N8O2. The second-order valence-corrected chi connectivity index (χ2v) is 15.0. The molecule has 0 amide bonds. The standard InChI is InChI=1S/C21H29N7O.C17H27NO/c1-21(2,3)17-11-15-13-28(20(29)27-18(15)26-17)16-7-5-14(6-8-16)12-24-9-4-10-25-19(22)23;1-12(18)6-5-7-13-8-15(17(2,3)4)9-14-10-19-11-16(13)14/h5-8,11,13,24H,4,9-10,12H2,1-3H3,(H4,22,23,25)(H,26,27,29);8-9,12H,5-7,10-11,18H2,1-4H3/t;12-/m.0/s1. The number of H-pyrrole nitrogens is 1. The number of aromatic amines is 1. The summed E-state index contributed by atoms with van der Waals surface area (Å²) in [5.74, 6) is 0.123. The Bertz CT molecular complexity index is 1730. The molecule has 10 heteroatoms. The van der Waals surface area contributed by atoms with E-state index < -0.39 is 0 Å². The maximum absolute atomic E-state index is 12.5. The fourth-order valence-corrected chi connectivity index (χ4v) is 5.65. The van der Waals surface area contributed by atoms with Crippen molar-refractivity contribution in [1.82, 2.24) is 19.9 Å². The summed E-state index contributed by atoms with van der Waals surface area (Å²) in [7, 11) is 0. The minimum absolute atomic E-state index is 0.0352. The lowest BCUT2D eigenvalue weighted by Crippen LogP contribution is -2.23. The smallest absolute Gasteiger partial charge is 0.354 e. The van der Waals surface area contributed by atoms with Crippen LogP contribution in [0.1, 0.15) is 101 Å². The maximum Gasteiger partial charge on any atom is 0.354 e. The van der Waals surface area contributed by atoms with Crippen LogP contribution in [0.5, 0.6) is 0 Å². The Morgan fingerprint density at radius 1 is 1.04 bits per heavy atom. The van der Waals surface area contributed by atoms with Crippen molar-refractivity contribution in [2.45, 2.75) is 111 Å². The Morgan fingerprint density at radius 3 is 2.42 bits per heavy atom. The highest BCUT2D eigenvalue weighted by Crippen LogP contribution is 2.32. The van der Waals surface area contributed by atoms with Crippen LogP contribution in [-0.4, -0.2) is 39.6 Å². The third kappa shape index (κ3) is 10.3. The third-order valence-corrected chi connectivity index (χ3v) is 8.58. The highest BCUT2D eigenvalue weighted by molar-refractivity contribution is 5.76. The Balaban J connectivity index is 0.000000237. The van der Waals surface area contributed by atoms with E-state index in [4.69, 9.17) is 21.9 Å². The van der Waals surface area contributed by atoms with Crippen molar-refractivity contribution in [3.8, 4) is 5.69 Å². The molecule has 0 radical (unpaired) electrons. The van der Waals surface area contributed by atoms with Crippen molar-refractivity contribution in [2.24, 2.45) is 22.2 Å². The van der Waals surface area contributed by atoms with Crippen LogP contribution in [0.15, 0.2) is 58.4 Å². The molecule has 0 bridgehead atoms. The minimum atomic E-state index is -0.301. The molecule has 0 saturated heterocycles. The zero-order chi connectivity index (χ0) is 35.1. The fraction of sp³-hybridized carbons (Fsp3) is 0.500. The molecule has 1 aliphatic heterocycles. The molecule has 8 N–H and O–H groups in total. The van der Waals surface area contributed by atoms with E-state index in [1.165, 1.54) is 22.3 Å². The van der Waals surface area contributed by atoms with Gasteiger partial charge in [-0.1, -0.05) is 65.8 Å². The summed E-state index contributed by atoms with van der Waals surface area (Å²) in [6, 6.07) is 14.9. The summed E-state index contributed by atoms with van der Waals surface area (Å²) in [4.78, 5) is 23.9. The van der Waals surface area contributed by atoms with Crippen molar-refractivity contribution < 1.29 is 4.74 Å². The van der Waals surface area contributed by atoms with Gasteiger partial charge < -0.3 is 32.2 Å². The summed E-state index contributed by atoms with van der Waals surface area (Å²) < 4.78 is 7.20. The van der Waals surface area contributed by atoms with Crippen molar-refractivity contribution in [2.75, 3.05) is 13.1 Å². The molecule has 0 aliphatic carbocycles. The number of nitrogens with zero attached hydrogens (tertiary/aromatic N) is 3. The van der Waals surface area contributed by atoms with E-state index in [1.807, 2.05) is 30.5 Å². The highest BCUT2D eigenvalue weighted by Gasteiger charge is 2.22. The number of nitrogens with two attached hydrogens (primary N) is 3. The second-order valence-electron chi connectivity index (χ2n) is 15.0. The molecule has 1 atom stereocenters. The Morgan fingerprint density at radius 2 is 1.77 bits per heavy atom. The molecule has 48 heavy (non-hydrogen) atoms. The predicted octanol–water partition coefficient (Wildman–Crippen LogP) is 5.45. The average Bonchev–Trinajstić information content (AvgIpc) is 3.66. The van der Waals surface area contributed by atoms with Gasteiger partial charge in [-0.2, -0.15) is 4.98 Å². The van der Waals surface area contributed by atoms with Gasteiger partial charge in [0.2, 0.25) is 0 Å². The number of aliphatic imine (C=N–C) groups is 1. The van der Waals surface area contributed by atoms with Crippen LogP contribution in [0, 0.1) is 0 Å². The van der Waals surface area contributed by atoms with E-state index in [2.05, 4.69) is 86.9 Å². The van der Waals surface area contributed by atoms with Crippen LogP contribution in [0.2, 0.25) is 0 Å². The molecule has 10 nitrogen and oxygen atoms in total. The zero-order valence-corrected chi connectivity index (χ0v) is 30.0. The Labute approximate surface area is 285 Å². The fourth-order valence-electron chi connectivity index (χ4n) is 5.65. The summed E-state index contributed by atoms with van der Waals surface area (Å²) in [5, 5.41) is 4.27. The number of hydrogen-bond acceptors (Lipinski definition) is 6. The Hall–Kier alpha value is -3.99. The van der Waals surface area contributed by atoms with E-state index >= 15 is 0 Å². The number of ether oxygens (including phenoxy) is 1. The first kappa shape index (κ1) is 36.8. The lowest BCUT2D eigenvalue weighted by Gasteiger charge is -2.22. The number of nitrogens with one attached hydrogen (secondary N) is 2. The van der Waals surface area contributed by atoms with Crippen LogP contribution in [-0.2, 0) is 41.7 Å². The lowest BCUT2D eigenvalue weighted by molar-refractivity contribution is 0.134. The van der Waals surface area contributed by atoms with Crippen LogP contribution in [0.3, 0.4) is 0 Å². The largest absolute Gasteiger partial charge is 0.372 e. The molecule has 2 aromatic carbocycles. The molecule has 0 spiro atoms. The SMILES string of the molecule is CC(C)(C)c1cc2cn(-c3ccc(CNCCCN=C(N)N)cc3)c(=O)nc2[nH]1.C[C@H](N)CCCc1cc(C(C)(C)C)cc2c1COC2. The van der Waals surface area contributed by atoms with Crippen LogP contribution in [0.25, 0.3) is 16.7 Å². The average molecular weight is 657 g/mol. The summed E-state index contributed by atoms with van der Waals surface area (Å²) in [5.41, 5.74) is 25.6. The van der Waals surface area contributed by atoms with Gasteiger partial charge in [-0.25, -0.2) is 4.79 Å². The quantitative estimate of drug-likeness (QED) is 0.0815. The molecule has 0 fully saturated rings. The number of benzene rings is 2. The topological polar surface area (TPSA) is 162 Å². The molecule has 0 unspecified atom stereocenters. The van der Waals surface area contributed by atoms with Crippen LogP contribution >= 0.6 is 0 Å². The van der Waals surface area contributed by atoms with Gasteiger partial charge >= 0.3 is 5.69 Å². The van der Waals surface area contributed by atoms with E-state index in [9.17, 15) is 4.79 Å². The van der Waals surface area contributed by atoms with E-state index in [-0.39, 0.29) is 22.5 Å². The summed E-state index contributed by atoms with van der Waals surface area (Å²) in [6.45, 7) is 19.0. The normalized spacial score (nSPS) is 13.6. The molecule has 0 saturated carbocycles. The van der Waals surface area contributed by atoms with Crippen molar-refractivity contribution in [3.63, 3.8) is 0 Å². The number of aromatic nitrogens is 3. The molecule has 2 aromatic heterocycles. The van der Waals surface area contributed by atoms with Crippen LogP contribution < -0.4 is 28.2 Å². The van der Waals surface area contributed by atoms with Gasteiger partial charge in [0, 0.05) is 41.8 Å². The number of fused-ring (bicyclic) bond motifs is 2. The van der Waals surface area contributed by atoms with Gasteiger partial charge in [-0.3, -0.25) is 9.56 Å². The summed E-state index contributed by atoms with van der Waals surface area (Å²) in [6.07, 6.45) is 6.09. The van der Waals surface area contributed by atoms with Gasteiger partial charge in [0.15, 0.2) is 5.96 Å². The molecule has 3 heterocycles. The minimum Gasteiger partial charge on any atom is -0.372 e. The summed E-state index contributed by atoms with van der Waals surface area (Å²) >= 11 is 0. The van der Waals surface area contributed by atoms with Gasteiger partial charge in [-0.05, 0) is 90.6 Å². The van der Waals surface area contributed by atoms with Crippen LogP contribution in [0.4, 0.5) is 0 Å². The first-order chi connectivity index (χ1) is 22.6. The van der Waals surface area contributed by atoms with E-state index in [0.29, 0.717) is 18.2 Å². The first-order valence-corrected chi connectivity index (χ1v) is 17.1. The monoisotopic (exact) mass is 656 g/mol. The van der Waals surface area contributed by atoms with Crippen molar-refractivity contribution >= 4 is 17.0 Å². The van der Waals surface area contributed by atoms with Gasteiger partial charge in [0.25, 0.3) is 0 Å². The molecule has 5 rings (SSSR count). The Kier molecular flexibility index (Phi) is 12.2. The molecular weight excluding hydrogens is 600 g/mol.